The van der Waals surface area contributed by atoms with E-state index in [0.717, 1.165) is 31.3 Å². The van der Waals surface area contributed by atoms with Gasteiger partial charge in [-0.25, -0.2) is 18.4 Å². The molecule has 10 heteroatoms. The van der Waals surface area contributed by atoms with Crippen LogP contribution in [0.3, 0.4) is 0 Å². The van der Waals surface area contributed by atoms with Crippen molar-refractivity contribution in [3.63, 3.8) is 0 Å². The Bertz CT molecular complexity index is 1180. The molecule has 3 rings (SSSR count). The van der Waals surface area contributed by atoms with Gasteiger partial charge in [0.05, 0.1) is 47.5 Å². The van der Waals surface area contributed by atoms with Crippen molar-refractivity contribution in [2.45, 2.75) is 5.92 Å². The van der Waals surface area contributed by atoms with Crippen LogP contribution in [-0.4, -0.2) is 26.2 Å². The molecular weight excluding hydrogens is 488 g/mol. The second-order valence-corrected chi connectivity index (χ2v) is 7.41. The van der Waals surface area contributed by atoms with E-state index in [1.807, 2.05) is 6.07 Å². The average Bonchev–Trinajstić information content (AvgIpc) is 2.80. The molecule has 0 saturated heterocycles. The molecular formula is C22H16BrF2N3O4. The third kappa shape index (κ3) is 3.83. The molecule has 0 fully saturated rings. The van der Waals surface area contributed by atoms with Crippen LogP contribution < -0.4 is 10.6 Å². The summed E-state index contributed by atoms with van der Waals surface area (Å²) in [6.45, 7) is 0. The van der Waals surface area contributed by atoms with Crippen molar-refractivity contribution in [1.82, 2.24) is 0 Å². The molecule has 1 aliphatic rings. The number of hydrogen-bond donors (Lipinski definition) is 1. The summed E-state index contributed by atoms with van der Waals surface area (Å²) in [6, 6.07) is 12.3. The minimum Gasteiger partial charge on any atom is -0.466 e. The molecule has 1 heterocycles. The molecule has 0 bridgehead atoms. The molecule has 1 unspecified atom stereocenters. The van der Waals surface area contributed by atoms with Crippen molar-refractivity contribution in [2.75, 3.05) is 19.1 Å². The van der Waals surface area contributed by atoms with E-state index in [-0.39, 0.29) is 32.8 Å². The Balaban J connectivity index is 2.44. The highest BCUT2D eigenvalue weighted by Crippen LogP contribution is 2.43. The molecule has 0 aliphatic carbocycles. The largest absolute Gasteiger partial charge is 0.466 e. The van der Waals surface area contributed by atoms with Crippen LogP contribution in [-0.2, 0) is 19.1 Å². The summed E-state index contributed by atoms with van der Waals surface area (Å²) in [7, 11) is 2.19. The summed E-state index contributed by atoms with van der Waals surface area (Å²) >= 11 is 2.91. The summed E-state index contributed by atoms with van der Waals surface area (Å²) in [5.41, 5.74) is 5.93. The highest BCUT2D eigenvalue weighted by atomic mass is 79.9. The van der Waals surface area contributed by atoms with Gasteiger partial charge in [-0.3, -0.25) is 4.90 Å². The maximum Gasteiger partial charge on any atom is 0.355 e. The number of rotatable bonds is 4. The van der Waals surface area contributed by atoms with Crippen LogP contribution in [0.2, 0.25) is 0 Å². The number of anilines is 1. The number of methoxy groups -OCH3 is 2. The molecule has 0 aromatic heterocycles. The summed E-state index contributed by atoms with van der Waals surface area (Å²) in [5.74, 6) is -5.64. The number of nitriles is 1. The van der Waals surface area contributed by atoms with Crippen molar-refractivity contribution < 1.29 is 27.8 Å². The van der Waals surface area contributed by atoms with Gasteiger partial charge < -0.3 is 15.2 Å². The quantitative estimate of drug-likeness (QED) is 0.501. The number of ether oxygens (including phenoxy) is 2. The first-order valence-corrected chi connectivity index (χ1v) is 9.86. The normalized spacial score (nSPS) is 16.0. The van der Waals surface area contributed by atoms with E-state index in [0.29, 0.717) is 5.56 Å². The minimum atomic E-state index is -1.24. The van der Waals surface area contributed by atoms with Gasteiger partial charge in [0.2, 0.25) is 0 Å². The summed E-state index contributed by atoms with van der Waals surface area (Å²) < 4.78 is 37.6. The second-order valence-electron chi connectivity index (χ2n) is 6.56. The molecule has 2 aromatic carbocycles. The maximum absolute atomic E-state index is 14.2. The lowest BCUT2D eigenvalue weighted by Gasteiger charge is -2.36. The van der Waals surface area contributed by atoms with Crippen LogP contribution in [0, 0.1) is 23.0 Å². The predicted molar refractivity (Wildman–Crippen MR) is 114 cm³/mol. The molecule has 1 aliphatic heterocycles. The fourth-order valence-corrected chi connectivity index (χ4v) is 3.88. The SMILES string of the molecule is COC(=O)C1=C(C(=O)OC)N(c2cc(F)c(F)c(Br)c2)C(N)=C(C#N)C1c1ccccc1. The maximum atomic E-state index is 14.2. The van der Waals surface area contributed by atoms with Gasteiger partial charge in [0.1, 0.15) is 11.5 Å². The number of carbonyl (C=O) groups is 2. The molecule has 0 amide bonds. The average molecular weight is 504 g/mol. The van der Waals surface area contributed by atoms with Crippen LogP contribution in [0.5, 0.6) is 0 Å². The summed E-state index contributed by atoms with van der Waals surface area (Å²) in [5, 5.41) is 9.92. The fourth-order valence-electron chi connectivity index (χ4n) is 3.45. The zero-order chi connectivity index (χ0) is 23.6. The van der Waals surface area contributed by atoms with Crippen molar-refractivity contribution >= 4 is 33.6 Å². The third-order valence-corrected chi connectivity index (χ3v) is 5.41. The molecule has 0 radical (unpaired) electrons. The van der Waals surface area contributed by atoms with Crippen LogP contribution in [0.15, 0.2) is 69.6 Å². The first kappa shape index (κ1) is 23.0. The highest BCUT2D eigenvalue weighted by Gasteiger charge is 2.43. The van der Waals surface area contributed by atoms with Crippen molar-refractivity contribution in [2.24, 2.45) is 5.73 Å². The zero-order valence-corrected chi connectivity index (χ0v) is 18.4. The smallest absolute Gasteiger partial charge is 0.355 e. The fraction of sp³-hybridized carbons (Fsp3) is 0.136. The van der Waals surface area contributed by atoms with Crippen LogP contribution in [0.4, 0.5) is 14.5 Å². The molecule has 1 atom stereocenters. The Hall–Kier alpha value is -3.71. The number of carbonyl (C=O) groups excluding carboxylic acids is 2. The lowest BCUT2D eigenvalue weighted by molar-refractivity contribution is -0.139. The van der Waals surface area contributed by atoms with Crippen molar-refractivity contribution in [3.05, 3.63) is 86.8 Å². The number of halogens is 3. The minimum absolute atomic E-state index is 0.0925. The Labute approximate surface area is 190 Å². The van der Waals surface area contributed by atoms with E-state index in [1.54, 1.807) is 30.3 Å². The lowest BCUT2D eigenvalue weighted by atomic mass is 9.81. The molecule has 0 saturated carbocycles. The Morgan fingerprint density at radius 2 is 1.75 bits per heavy atom. The van der Waals surface area contributed by atoms with Crippen LogP contribution in [0.25, 0.3) is 0 Å². The van der Waals surface area contributed by atoms with Gasteiger partial charge in [0.15, 0.2) is 11.6 Å². The Kier molecular flexibility index (Phi) is 6.60. The van der Waals surface area contributed by atoms with Gasteiger partial charge in [0, 0.05) is 6.07 Å². The van der Waals surface area contributed by atoms with E-state index in [1.165, 1.54) is 0 Å². The Morgan fingerprint density at radius 3 is 2.28 bits per heavy atom. The summed E-state index contributed by atoms with van der Waals surface area (Å²) in [4.78, 5) is 26.7. The van der Waals surface area contributed by atoms with E-state index < -0.39 is 29.5 Å². The van der Waals surface area contributed by atoms with Crippen LogP contribution >= 0.6 is 15.9 Å². The molecule has 0 spiro atoms. The monoisotopic (exact) mass is 503 g/mol. The lowest BCUT2D eigenvalue weighted by Crippen LogP contribution is -2.40. The third-order valence-electron chi connectivity index (χ3n) is 4.84. The number of allylic oxidation sites excluding steroid dienone is 1. The highest BCUT2D eigenvalue weighted by molar-refractivity contribution is 9.10. The van der Waals surface area contributed by atoms with Crippen molar-refractivity contribution in [3.8, 4) is 6.07 Å². The molecule has 32 heavy (non-hydrogen) atoms. The van der Waals surface area contributed by atoms with Gasteiger partial charge in [-0.1, -0.05) is 30.3 Å². The Morgan fingerprint density at radius 1 is 1.12 bits per heavy atom. The number of nitrogens with zero attached hydrogens (tertiary/aromatic N) is 2. The van der Waals surface area contributed by atoms with Crippen molar-refractivity contribution in [1.29, 1.82) is 5.26 Å². The number of esters is 2. The molecule has 164 valence electrons. The van der Waals surface area contributed by atoms with Crippen LogP contribution in [0.1, 0.15) is 11.5 Å². The van der Waals surface area contributed by atoms with E-state index >= 15 is 0 Å². The van der Waals surface area contributed by atoms with Gasteiger partial charge in [-0.15, -0.1) is 0 Å². The van der Waals surface area contributed by atoms with Gasteiger partial charge in [0.25, 0.3) is 0 Å². The topological polar surface area (TPSA) is 106 Å². The number of benzene rings is 2. The van der Waals surface area contributed by atoms with Gasteiger partial charge in [-0.2, -0.15) is 5.26 Å². The molecule has 2 aromatic rings. The van der Waals surface area contributed by atoms with Gasteiger partial charge >= 0.3 is 11.9 Å². The van der Waals surface area contributed by atoms with Gasteiger partial charge in [-0.05, 0) is 27.6 Å². The molecule has 2 N–H and O–H groups in total. The number of hydrogen-bond acceptors (Lipinski definition) is 7. The van der Waals surface area contributed by atoms with E-state index in [9.17, 15) is 23.6 Å². The summed E-state index contributed by atoms with van der Waals surface area (Å²) in [6.07, 6.45) is 0. The first-order valence-electron chi connectivity index (χ1n) is 9.06. The predicted octanol–water partition coefficient (Wildman–Crippen LogP) is 3.63. The standard InChI is InChI=1S/C22H16BrF2N3O4/c1-31-21(29)17-16(11-6-4-3-5-7-11)13(10-26)20(27)28(19(17)22(30)32-2)12-8-14(23)18(25)15(24)9-12/h3-9,16H,27H2,1-2H3. The zero-order valence-electron chi connectivity index (χ0n) is 16.9. The molecule has 7 nitrogen and oxygen atoms in total. The first-order chi connectivity index (χ1) is 15.3. The number of nitrogens with two attached hydrogens (primary N) is 1. The van der Waals surface area contributed by atoms with E-state index in [4.69, 9.17) is 15.2 Å². The van der Waals surface area contributed by atoms with E-state index in [2.05, 4.69) is 15.9 Å². The second kappa shape index (κ2) is 9.20.